The Morgan fingerprint density at radius 1 is 1.23 bits per heavy atom. The molecule has 0 spiro atoms. The fourth-order valence-electron chi connectivity index (χ4n) is 4.08. The van der Waals surface area contributed by atoms with Gasteiger partial charge in [-0.3, -0.25) is 4.79 Å². The van der Waals surface area contributed by atoms with Gasteiger partial charge in [0.1, 0.15) is 5.75 Å². The van der Waals surface area contributed by atoms with Crippen LogP contribution in [-0.2, 0) is 10.2 Å². The summed E-state index contributed by atoms with van der Waals surface area (Å²) in [5.74, 6) is 1.56. The molecule has 1 aromatic carbocycles. The summed E-state index contributed by atoms with van der Waals surface area (Å²) in [6.45, 7) is 2.32. The van der Waals surface area contributed by atoms with E-state index >= 15 is 0 Å². The Balaban J connectivity index is 1.94. The molecule has 0 heterocycles. The summed E-state index contributed by atoms with van der Waals surface area (Å²) >= 11 is 0. The van der Waals surface area contributed by atoms with Gasteiger partial charge in [0.2, 0.25) is 0 Å². The van der Waals surface area contributed by atoms with Crippen molar-refractivity contribution < 1.29 is 14.6 Å². The van der Waals surface area contributed by atoms with Crippen molar-refractivity contribution in [3.05, 3.63) is 29.3 Å². The molecule has 0 radical (unpaired) electrons. The normalized spacial score (nSPS) is 27.0. The van der Waals surface area contributed by atoms with E-state index in [0.717, 1.165) is 36.5 Å². The molecule has 3 rings (SSSR count). The first kappa shape index (κ1) is 15.4. The van der Waals surface area contributed by atoms with Gasteiger partial charge in [-0.2, -0.15) is 0 Å². The quantitative estimate of drug-likeness (QED) is 0.891. The number of carbonyl (C=O) groups is 1. The number of rotatable bonds is 4. The summed E-state index contributed by atoms with van der Waals surface area (Å²) in [7, 11) is 1.71. The van der Waals surface area contributed by atoms with Crippen LogP contribution >= 0.6 is 0 Å². The molecule has 0 aromatic heterocycles. The molecular formula is C19H26O3. The Bertz CT molecular complexity index is 552. The van der Waals surface area contributed by atoms with Gasteiger partial charge in [-0.15, -0.1) is 0 Å². The molecule has 0 unspecified atom stereocenters. The number of hydrogen-bond donors (Lipinski definition) is 1. The highest BCUT2D eigenvalue weighted by Gasteiger charge is 2.46. The number of aliphatic carboxylic acids is 1. The monoisotopic (exact) mass is 302 g/mol. The van der Waals surface area contributed by atoms with Crippen LogP contribution in [0, 0.1) is 5.92 Å². The maximum atomic E-state index is 11.8. The number of benzene rings is 1. The molecule has 3 nitrogen and oxygen atoms in total. The topological polar surface area (TPSA) is 46.5 Å². The Morgan fingerprint density at radius 2 is 1.91 bits per heavy atom. The smallest absolute Gasteiger partial charge is 0.314 e. The molecule has 2 aliphatic rings. The summed E-state index contributed by atoms with van der Waals surface area (Å²) < 4.78 is 5.56. The molecule has 0 atom stereocenters. The predicted molar refractivity (Wildman–Crippen MR) is 86.5 cm³/mol. The number of carboxylic acid groups (broad SMARTS) is 1. The van der Waals surface area contributed by atoms with Crippen molar-refractivity contribution >= 4 is 5.97 Å². The third kappa shape index (κ3) is 2.51. The van der Waals surface area contributed by atoms with Crippen molar-refractivity contribution in [3.63, 3.8) is 0 Å². The van der Waals surface area contributed by atoms with Crippen molar-refractivity contribution in [1.29, 1.82) is 0 Å². The van der Waals surface area contributed by atoms with Gasteiger partial charge in [-0.25, -0.2) is 0 Å². The van der Waals surface area contributed by atoms with E-state index in [4.69, 9.17) is 4.74 Å². The zero-order valence-electron chi connectivity index (χ0n) is 13.6. The Morgan fingerprint density at radius 3 is 2.41 bits per heavy atom. The minimum atomic E-state index is -0.674. The van der Waals surface area contributed by atoms with Crippen LogP contribution in [0.15, 0.2) is 18.2 Å². The molecular weight excluding hydrogens is 276 g/mol. The molecule has 0 amide bonds. The average molecular weight is 302 g/mol. The molecule has 2 saturated carbocycles. The van der Waals surface area contributed by atoms with Crippen molar-refractivity contribution in [2.24, 2.45) is 5.92 Å². The van der Waals surface area contributed by atoms with E-state index in [1.807, 2.05) is 12.1 Å². The summed E-state index contributed by atoms with van der Waals surface area (Å²) in [6, 6.07) is 6.07. The third-order valence-electron chi connectivity index (χ3n) is 5.85. The van der Waals surface area contributed by atoms with E-state index in [9.17, 15) is 9.90 Å². The van der Waals surface area contributed by atoms with E-state index < -0.39 is 11.4 Å². The molecule has 0 bridgehead atoms. The third-order valence-corrected chi connectivity index (χ3v) is 5.85. The average Bonchev–Trinajstić information content (AvgIpc) is 2.46. The lowest BCUT2D eigenvalue weighted by atomic mass is 9.64. The molecule has 1 aromatic rings. The van der Waals surface area contributed by atoms with Crippen LogP contribution in [0.25, 0.3) is 0 Å². The van der Waals surface area contributed by atoms with Gasteiger partial charge >= 0.3 is 5.97 Å². The maximum Gasteiger partial charge on any atom is 0.314 e. The molecule has 120 valence electrons. The molecule has 2 fully saturated rings. The minimum absolute atomic E-state index is 0.511. The van der Waals surface area contributed by atoms with Crippen LogP contribution < -0.4 is 4.74 Å². The lowest BCUT2D eigenvalue weighted by Gasteiger charge is -2.39. The first-order valence-electron chi connectivity index (χ1n) is 8.48. The largest absolute Gasteiger partial charge is 0.496 e. The lowest BCUT2D eigenvalue weighted by Crippen LogP contribution is -2.42. The highest BCUT2D eigenvalue weighted by atomic mass is 16.5. The van der Waals surface area contributed by atoms with Crippen LogP contribution in [0.5, 0.6) is 5.75 Å². The van der Waals surface area contributed by atoms with Crippen molar-refractivity contribution in [3.8, 4) is 5.75 Å². The summed E-state index contributed by atoms with van der Waals surface area (Å²) in [5, 5.41) is 9.67. The second-order valence-electron chi connectivity index (χ2n) is 7.15. The Kier molecular flexibility index (Phi) is 4.16. The summed E-state index contributed by atoms with van der Waals surface area (Å²) in [4.78, 5) is 11.8. The SMILES string of the molecule is COc1ccc(C2(C(=O)O)CCC2)cc1C1CCC(C)CC1. The minimum Gasteiger partial charge on any atom is -0.496 e. The van der Waals surface area contributed by atoms with Gasteiger partial charge in [0.25, 0.3) is 0 Å². The lowest BCUT2D eigenvalue weighted by molar-refractivity contribution is -0.147. The molecule has 3 heteroatoms. The van der Waals surface area contributed by atoms with Gasteiger partial charge in [-0.05, 0) is 54.7 Å². The molecule has 0 aliphatic heterocycles. The van der Waals surface area contributed by atoms with Crippen LogP contribution in [0.2, 0.25) is 0 Å². The van der Waals surface area contributed by atoms with E-state index in [2.05, 4.69) is 13.0 Å². The maximum absolute atomic E-state index is 11.8. The summed E-state index contributed by atoms with van der Waals surface area (Å²) in [6.07, 6.45) is 7.40. The Labute approximate surface area is 132 Å². The Hall–Kier alpha value is -1.51. The van der Waals surface area contributed by atoms with Crippen LogP contribution in [0.1, 0.15) is 68.9 Å². The number of ether oxygens (including phenoxy) is 1. The van der Waals surface area contributed by atoms with Crippen LogP contribution in [-0.4, -0.2) is 18.2 Å². The highest BCUT2D eigenvalue weighted by molar-refractivity contribution is 5.82. The van der Waals surface area contributed by atoms with Crippen molar-refractivity contribution in [2.45, 2.75) is 63.2 Å². The van der Waals surface area contributed by atoms with Gasteiger partial charge in [0, 0.05) is 0 Å². The molecule has 0 saturated heterocycles. The molecule has 1 N–H and O–H groups in total. The zero-order valence-corrected chi connectivity index (χ0v) is 13.6. The fraction of sp³-hybridized carbons (Fsp3) is 0.632. The zero-order chi connectivity index (χ0) is 15.7. The van der Waals surface area contributed by atoms with Crippen molar-refractivity contribution in [2.75, 3.05) is 7.11 Å². The summed E-state index contributed by atoms with van der Waals surface area (Å²) in [5.41, 5.74) is 1.54. The van der Waals surface area contributed by atoms with E-state index in [-0.39, 0.29) is 0 Å². The first-order valence-corrected chi connectivity index (χ1v) is 8.48. The van der Waals surface area contributed by atoms with Gasteiger partial charge in [0.15, 0.2) is 0 Å². The fourth-order valence-corrected chi connectivity index (χ4v) is 4.08. The van der Waals surface area contributed by atoms with Gasteiger partial charge < -0.3 is 9.84 Å². The van der Waals surface area contributed by atoms with Gasteiger partial charge in [0.05, 0.1) is 12.5 Å². The standard InChI is InChI=1S/C19H26O3/c1-13-4-6-14(7-5-13)16-12-15(8-9-17(16)22-2)19(18(20)21)10-3-11-19/h8-9,12-14H,3-7,10-11H2,1-2H3,(H,20,21). The van der Waals surface area contributed by atoms with Gasteiger partial charge in [-0.1, -0.05) is 38.3 Å². The highest BCUT2D eigenvalue weighted by Crippen LogP contribution is 2.47. The second-order valence-corrected chi connectivity index (χ2v) is 7.15. The molecule has 2 aliphatic carbocycles. The van der Waals surface area contributed by atoms with E-state index in [1.54, 1.807) is 7.11 Å². The van der Waals surface area contributed by atoms with Crippen molar-refractivity contribution in [1.82, 2.24) is 0 Å². The number of hydrogen-bond acceptors (Lipinski definition) is 2. The number of methoxy groups -OCH3 is 1. The van der Waals surface area contributed by atoms with Crippen LogP contribution in [0.4, 0.5) is 0 Å². The van der Waals surface area contributed by atoms with E-state index in [0.29, 0.717) is 5.92 Å². The van der Waals surface area contributed by atoms with E-state index in [1.165, 1.54) is 31.2 Å². The first-order chi connectivity index (χ1) is 10.6. The number of carboxylic acids is 1. The molecule has 22 heavy (non-hydrogen) atoms. The van der Waals surface area contributed by atoms with Crippen LogP contribution in [0.3, 0.4) is 0 Å². The predicted octanol–water partition coefficient (Wildman–Crippen LogP) is 4.50. The second kappa shape index (κ2) is 5.94.